The van der Waals surface area contributed by atoms with Crippen LogP contribution in [-0.2, 0) is 44.8 Å². The van der Waals surface area contributed by atoms with Gasteiger partial charge in [-0.05, 0) is 147 Å². The van der Waals surface area contributed by atoms with Crippen LogP contribution < -0.4 is 83.1 Å². The molecule has 24 N–H and O–H groups in total. The van der Waals surface area contributed by atoms with Crippen molar-refractivity contribution in [3.63, 3.8) is 0 Å². The Morgan fingerprint density at radius 1 is 0.519 bits per heavy atom. The zero-order chi connectivity index (χ0) is 57.3. The monoisotopic (exact) mass is 1100 g/mol. The van der Waals surface area contributed by atoms with Gasteiger partial charge in [-0.1, -0.05) is 18.2 Å². The summed E-state index contributed by atoms with van der Waals surface area (Å²) in [4.78, 5) is 122. The molecule has 0 bridgehead atoms. The molecule has 2 aromatic rings. The number of nitrogens with zero attached hydrogens (tertiary/aromatic N) is 2. The number of rotatable bonds is 40. The number of carbonyl (C=O) groups excluding carboxylic acids is 8. The number of aliphatic imine (C=N–C) groups is 2. The summed E-state index contributed by atoms with van der Waals surface area (Å²) in [6.45, 7) is 4.12. The van der Waals surface area contributed by atoms with Gasteiger partial charge in [0.1, 0.15) is 36.3 Å². The van der Waals surface area contributed by atoms with Crippen LogP contribution in [0.25, 0.3) is 10.9 Å². The van der Waals surface area contributed by atoms with Crippen molar-refractivity contribution in [3.05, 3.63) is 36.0 Å². The van der Waals surface area contributed by atoms with Crippen LogP contribution >= 0.6 is 11.8 Å². The van der Waals surface area contributed by atoms with Gasteiger partial charge in [-0.3, -0.25) is 48.3 Å². The lowest BCUT2D eigenvalue weighted by Gasteiger charge is -2.28. The molecule has 27 heteroatoms. The van der Waals surface area contributed by atoms with E-state index in [1.807, 2.05) is 30.5 Å². The second kappa shape index (κ2) is 37.3. The third kappa shape index (κ3) is 25.9. The van der Waals surface area contributed by atoms with Gasteiger partial charge in [0, 0.05) is 36.6 Å². The molecule has 0 spiro atoms. The molecule has 26 nitrogen and oxygen atoms in total. The number of carbonyl (C=O) groups is 8. The van der Waals surface area contributed by atoms with Gasteiger partial charge < -0.3 is 88.1 Å². The summed E-state index contributed by atoms with van der Waals surface area (Å²) in [7, 11) is 0. The lowest BCUT2D eigenvalue weighted by atomic mass is 10.0. The number of benzene rings is 1. The third-order valence-corrected chi connectivity index (χ3v) is 13.1. The minimum atomic E-state index is -1.32. The van der Waals surface area contributed by atoms with Gasteiger partial charge in [-0.15, -0.1) is 0 Å². The van der Waals surface area contributed by atoms with Gasteiger partial charge in [0.25, 0.3) is 0 Å². The van der Waals surface area contributed by atoms with Crippen LogP contribution in [0.5, 0.6) is 0 Å². The molecule has 0 saturated carbocycles. The van der Waals surface area contributed by atoms with Crippen molar-refractivity contribution >= 4 is 81.7 Å². The number of hydrogen-bond acceptors (Lipinski definition) is 15. The average molecular weight is 1100 g/mol. The number of aromatic nitrogens is 1. The Labute approximate surface area is 455 Å². The van der Waals surface area contributed by atoms with E-state index in [0.717, 1.165) is 10.9 Å². The van der Waals surface area contributed by atoms with Crippen LogP contribution in [0.4, 0.5) is 0 Å². The van der Waals surface area contributed by atoms with Crippen molar-refractivity contribution in [2.75, 3.05) is 44.7 Å². The molecule has 7 amide bonds. The Balaban J connectivity index is 2.55. The Bertz CT molecular complexity index is 2240. The normalized spacial score (nSPS) is 14.2. The lowest BCUT2D eigenvalue weighted by molar-refractivity contribution is -0.136. The zero-order valence-corrected chi connectivity index (χ0v) is 45.9. The van der Waals surface area contributed by atoms with E-state index in [0.29, 0.717) is 69.4 Å². The summed E-state index contributed by atoms with van der Waals surface area (Å²) in [5, 5.41) is 20.2. The molecule has 432 valence electrons. The highest BCUT2D eigenvalue weighted by molar-refractivity contribution is 7.98. The van der Waals surface area contributed by atoms with Crippen LogP contribution in [0.2, 0.25) is 0 Å². The quantitative estimate of drug-likeness (QED) is 0.0183. The molecule has 0 aliphatic rings. The maximum absolute atomic E-state index is 14.8. The van der Waals surface area contributed by atoms with Crippen molar-refractivity contribution < 1.29 is 38.4 Å². The Hall–Kier alpha value is -6.55. The van der Waals surface area contributed by atoms with Gasteiger partial charge in [-0.25, -0.2) is 0 Å². The number of guanidine groups is 2. The predicted molar refractivity (Wildman–Crippen MR) is 301 cm³/mol. The molecule has 1 aromatic heterocycles. The number of aromatic amines is 1. The number of nitrogens with two attached hydrogens (primary N) is 8. The first kappa shape index (κ1) is 66.6. The summed E-state index contributed by atoms with van der Waals surface area (Å²) >= 11 is 1.41. The van der Waals surface area contributed by atoms with Crippen molar-refractivity contribution in [1.29, 1.82) is 0 Å². The summed E-state index contributed by atoms with van der Waals surface area (Å²) in [5.41, 5.74) is 46.5. The zero-order valence-electron chi connectivity index (χ0n) is 45.0. The van der Waals surface area contributed by atoms with E-state index in [-0.39, 0.29) is 88.7 Å². The Morgan fingerprint density at radius 2 is 0.883 bits per heavy atom. The SMILES string of the molecule is CSCCC(NC(=O)C(CCCCN)NC(=O)C(Cc1c[nH]c2ccccc12)NC(=O)C(CCCCN)NC(=O)C(CCCCN)NC(=O)C(C)N)C(=O)NC(CCCN=C(N)N)C(=O)NC(CCCN=C(N)N)C(C)=O. The van der Waals surface area contributed by atoms with Gasteiger partial charge in [0.15, 0.2) is 17.7 Å². The molecule has 1 aromatic carbocycles. The molecule has 77 heavy (non-hydrogen) atoms. The first-order chi connectivity index (χ1) is 36.8. The lowest BCUT2D eigenvalue weighted by Crippen LogP contribution is -2.60. The highest BCUT2D eigenvalue weighted by Gasteiger charge is 2.34. The number of hydrogen-bond donors (Lipinski definition) is 16. The third-order valence-electron chi connectivity index (χ3n) is 12.5. The molecule has 8 unspecified atom stereocenters. The molecular weight excluding hydrogens is 1010 g/mol. The van der Waals surface area contributed by atoms with Gasteiger partial charge in [0.05, 0.1) is 12.1 Å². The number of thioether (sulfide) groups is 1. The molecule has 0 radical (unpaired) electrons. The average Bonchev–Trinajstić information content (AvgIpc) is 3.79. The topological polar surface area (TPSA) is 469 Å². The number of fused-ring (bicyclic) bond motifs is 1. The summed E-state index contributed by atoms with van der Waals surface area (Å²) in [5.74, 6) is -4.94. The molecule has 0 aliphatic carbocycles. The predicted octanol–water partition coefficient (Wildman–Crippen LogP) is -2.71. The van der Waals surface area contributed by atoms with E-state index in [4.69, 9.17) is 45.9 Å². The molecule has 0 saturated heterocycles. The summed E-state index contributed by atoms with van der Waals surface area (Å²) in [6, 6.07) is -1.66. The van der Waals surface area contributed by atoms with Crippen LogP contribution in [0.1, 0.15) is 109 Å². The number of amides is 7. The second-order valence-electron chi connectivity index (χ2n) is 18.9. The van der Waals surface area contributed by atoms with E-state index in [9.17, 15) is 38.4 Å². The first-order valence-electron chi connectivity index (χ1n) is 26.4. The molecule has 2 rings (SSSR count). The fraction of sp³-hybridized carbons (Fsp3) is 0.640. The van der Waals surface area contributed by atoms with E-state index < -0.39 is 89.7 Å². The molecular formula is C50H88N18O8S. The van der Waals surface area contributed by atoms with Crippen LogP contribution in [0, 0.1) is 0 Å². The van der Waals surface area contributed by atoms with Crippen LogP contribution in [0.15, 0.2) is 40.4 Å². The molecule has 0 fully saturated rings. The summed E-state index contributed by atoms with van der Waals surface area (Å²) < 4.78 is 0. The number of nitrogens with one attached hydrogen (secondary N) is 8. The van der Waals surface area contributed by atoms with Gasteiger partial charge >= 0.3 is 0 Å². The Morgan fingerprint density at radius 3 is 1.29 bits per heavy atom. The van der Waals surface area contributed by atoms with Crippen LogP contribution in [-0.4, -0.2) is 157 Å². The highest BCUT2D eigenvalue weighted by atomic mass is 32.2. The van der Waals surface area contributed by atoms with Crippen LogP contribution in [0.3, 0.4) is 0 Å². The summed E-state index contributed by atoms with van der Waals surface area (Å²) in [6.07, 6.45) is 7.82. The maximum atomic E-state index is 14.8. The molecule has 8 atom stereocenters. The van der Waals surface area contributed by atoms with Gasteiger partial charge in [0.2, 0.25) is 41.4 Å². The number of para-hydroxylation sites is 1. The van der Waals surface area contributed by atoms with Crippen molar-refractivity contribution in [2.45, 2.75) is 158 Å². The Kier molecular flexibility index (Phi) is 32.2. The molecule has 0 aliphatic heterocycles. The van der Waals surface area contributed by atoms with Crippen molar-refractivity contribution in [1.82, 2.24) is 42.2 Å². The van der Waals surface area contributed by atoms with Gasteiger partial charge in [-0.2, -0.15) is 11.8 Å². The number of unbranched alkanes of at least 4 members (excludes halogenated alkanes) is 3. The first-order valence-corrected chi connectivity index (χ1v) is 27.8. The fourth-order valence-electron chi connectivity index (χ4n) is 8.11. The highest BCUT2D eigenvalue weighted by Crippen LogP contribution is 2.20. The fourth-order valence-corrected chi connectivity index (χ4v) is 8.58. The minimum Gasteiger partial charge on any atom is -0.370 e. The van der Waals surface area contributed by atoms with E-state index >= 15 is 0 Å². The second-order valence-corrected chi connectivity index (χ2v) is 19.9. The van der Waals surface area contributed by atoms with E-state index in [1.165, 1.54) is 25.6 Å². The van der Waals surface area contributed by atoms with E-state index in [2.05, 4.69) is 52.2 Å². The van der Waals surface area contributed by atoms with E-state index in [1.54, 1.807) is 6.20 Å². The van der Waals surface area contributed by atoms with Crippen molar-refractivity contribution in [3.8, 4) is 0 Å². The minimum absolute atomic E-state index is 0.0501. The number of H-pyrrole nitrogens is 1. The standard InChI is InChI=1S/C50H88N18O8S/c1-30(54)42(70)63-36(16-6-9-22-51)44(72)64-38(18-8-11-24-53)46(74)68-41(28-32-29-61-35-15-5-4-14-33(32)35)48(76)66-37(17-7-10-23-52)45(73)67-40(21-27-77-3)47(75)65-39(20-13-26-60-50(57)58)43(71)62-34(31(2)69)19-12-25-59-49(55)56/h4-5,14-15,29-30,34,36-41,61H,6-13,16-28,51-54H2,1-3H3,(H,62,71)(H,63,70)(H,64,72)(H,65,75)(H,66,76)(H,67,73)(H,68,74)(H4,55,56,59)(H4,57,58,60). The number of ketones is 1. The maximum Gasteiger partial charge on any atom is 0.243 e. The largest absolute Gasteiger partial charge is 0.370 e. The molecule has 1 heterocycles. The number of Topliss-reactive ketones (excluding diaryl/α,β-unsaturated/α-hetero) is 1. The smallest absolute Gasteiger partial charge is 0.243 e. The van der Waals surface area contributed by atoms with Crippen molar-refractivity contribution in [2.24, 2.45) is 55.9 Å².